The lowest BCUT2D eigenvalue weighted by molar-refractivity contribution is 0.648. The van der Waals surface area contributed by atoms with E-state index in [4.69, 9.17) is 4.42 Å². The van der Waals surface area contributed by atoms with Gasteiger partial charge in [-0.2, -0.15) is 0 Å². The Kier molecular flexibility index (Phi) is 7.89. The summed E-state index contributed by atoms with van der Waals surface area (Å²) in [6.45, 7) is 2.28. The third kappa shape index (κ3) is 5.36. The molecule has 0 saturated heterocycles. The highest BCUT2D eigenvalue weighted by Gasteiger charge is 2.25. The number of rotatable bonds is 6. The standard InChI is InChI=1S/C57H40N2O/c1-37-28-29-40-32-35-49-48-22-13-21-47(56(48)60-57(49)50(40)36-37)46-19-6-7-23-51(46)58(41-33-30-39(31-34-41)43-20-12-15-38-14-2-3-16-42(38)43)54-26-10-11-27-55(54)59-52-24-8-4-17-44(52)45-18-5-9-25-53(45)59/h2-35,37H,36H2,1H3. The Balaban J connectivity index is 1.10. The van der Waals surface area contributed by atoms with E-state index in [9.17, 15) is 0 Å². The fraction of sp³-hybridized carbons (Fsp3) is 0.0526. The Hall–Kier alpha value is -7.62. The molecule has 0 bridgehead atoms. The maximum Gasteiger partial charge on any atom is 0.143 e. The fourth-order valence-corrected chi connectivity index (χ4v) is 9.77. The number of furan rings is 1. The van der Waals surface area contributed by atoms with Crippen LogP contribution in [0.4, 0.5) is 17.1 Å². The SMILES string of the molecule is CC1C=Cc2ccc3c(oc4c(-c5ccccc5N(c5ccc(-c6cccc7ccccc67)cc5)c5ccccc5-n5c6ccccc6c6ccccc65)cccc43)c2C1. The van der Waals surface area contributed by atoms with Gasteiger partial charge in [0.25, 0.3) is 0 Å². The van der Waals surface area contributed by atoms with E-state index in [0.717, 1.165) is 56.8 Å². The summed E-state index contributed by atoms with van der Waals surface area (Å²) in [6.07, 6.45) is 5.53. The minimum absolute atomic E-state index is 0.465. The smallest absolute Gasteiger partial charge is 0.143 e. The Bertz CT molecular complexity index is 3430. The van der Waals surface area contributed by atoms with E-state index in [1.807, 2.05) is 0 Å². The molecule has 12 rings (SSSR count). The van der Waals surface area contributed by atoms with Crippen LogP contribution in [-0.2, 0) is 6.42 Å². The van der Waals surface area contributed by atoms with Crippen molar-refractivity contribution in [3.8, 4) is 27.9 Å². The van der Waals surface area contributed by atoms with Gasteiger partial charge < -0.3 is 13.9 Å². The fourth-order valence-electron chi connectivity index (χ4n) is 9.77. The van der Waals surface area contributed by atoms with Crippen LogP contribution in [0, 0.1) is 5.92 Å². The molecule has 284 valence electrons. The van der Waals surface area contributed by atoms with Crippen LogP contribution in [0.5, 0.6) is 0 Å². The Morgan fingerprint density at radius 2 is 1.08 bits per heavy atom. The first-order chi connectivity index (χ1) is 29.7. The normalized spacial score (nSPS) is 13.8. The molecule has 2 heterocycles. The number of hydrogen-bond acceptors (Lipinski definition) is 2. The molecule has 3 nitrogen and oxygen atoms in total. The molecule has 0 spiro atoms. The molecule has 0 amide bonds. The summed E-state index contributed by atoms with van der Waals surface area (Å²) in [5.41, 5.74) is 15.7. The molecule has 1 aliphatic rings. The van der Waals surface area contributed by atoms with Gasteiger partial charge in [-0.15, -0.1) is 0 Å². The molecule has 0 saturated carbocycles. The number of hydrogen-bond donors (Lipinski definition) is 0. The van der Waals surface area contributed by atoms with Gasteiger partial charge in [-0.1, -0.05) is 165 Å². The molecule has 2 aromatic heterocycles. The predicted molar refractivity (Wildman–Crippen MR) is 253 cm³/mol. The van der Waals surface area contributed by atoms with Crippen LogP contribution in [-0.4, -0.2) is 4.57 Å². The van der Waals surface area contributed by atoms with E-state index < -0.39 is 0 Å². The Morgan fingerprint density at radius 3 is 1.90 bits per heavy atom. The van der Waals surface area contributed by atoms with E-state index in [-0.39, 0.29) is 0 Å². The van der Waals surface area contributed by atoms with Gasteiger partial charge in [0.05, 0.1) is 28.1 Å². The average Bonchev–Trinajstić information content (AvgIpc) is 3.86. The quantitative estimate of drug-likeness (QED) is 0.168. The van der Waals surface area contributed by atoms with E-state index in [1.165, 1.54) is 60.2 Å². The van der Waals surface area contributed by atoms with Gasteiger partial charge >= 0.3 is 0 Å². The number of aromatic nitrogens is 1. The molecule has 60 heavy (non-hydrogen) atoms. The number of fused-ring (bicyclic) bond motifs is 9. The second-order valence-electron chi connectivity index (χ2n) is 16.1. The minimum atomic E-state index is 0.465. The van der Waals surface area contributed by atoms with E-state index >= 15 is 0 Å². The van der Waals surface area contributed by atoms with E-state index in [0.29, 0.717) is 5.92 Å². The van der Waals surface area contributed by atoms with E-state index in [1.54, 1.807) is 0 Å². The molecule has 0 N–H and O–H groups in total. The van der Waals surface area contributed by atoms with Crippen LogP contribution in [0.25, 0.3) is 88.5 Å². The van der Waals surface area contributed by atoms with Gasteiger partial charge in [0.15, 0.2) is 0 Å². The first-order valence-electron chi connectivity index (χ1n) is 20.9. The molecule has 0 radical (unpaired) electrons. The number of benzene rings is 9. The average molecular weight is 769 g/mol. The van der Waals surface area contributed by atoms with Crippen molar-refractivity contribution in [3.63, 3.8) is 0 Å². The summed E-state index contributed by atoms with van der Waals surface area (Å²) < 4.78 is 9.48. The summed E-state index contributed by atoms with van der Waals surface area (Å²) in [6, 6.07) is 70.5. The Labute approximate surface area is 348 Å². The van der Waals surface area contributed by atoms with Crippen LogP contribution < -0.4 is 4.90 Å². The van der Waals surface area contributed by atoms with Gasteiger partial charge in [0, 0.05) is 43.9 Å². The number of allylic oxidation sites excluding steroid dienone is 1. The number of nitrogens with zero attached hydrogens (tertiary/aromatic N) is 2. The highest BCUT2D eigenvalue weighted by molar-refractivity contribution is 6.13. The molecule has 1 atom stereocenters. The zero-order chi connectivity index (χ0) is 39.7. The first kappa shape index (κ1) is 34.4. The molecule has 1 unspecified atom stereocenters. The Morgan fingerprint density at radius 1 is 0.483 bits per heavy atom. The molecule has 1 aliphatic carbocycles. The topological polar surface area (TPSA) is 21.3 Å². The van der Waals surface area contributed by atoms with Crippen LogP contribution in [0.3, 0.4) is 0 Å². The van der Waals surface area contributed by atoms with Crippen molar-refractivity contribution in [2.24, 2.45) is 5.92 Å². The van der Waals surface area contributed by atoms with Crippen LogP contribution in [0.2, 0.25) is 0 Å². The molecular formula is C57H40N2O. The molecule has 3 heteroatoms. The highest BCUT2D eigenvalue weighted by atomic mass is 16.3. The summed E-state index contributed by atoms with van der Waals surface area (Å²) in [4.78, 5) is 2.44. The highest BCUT2D eigenvalue weighted by Crippen LogP contribution is 2.48. The van der Waals surface area contributed by atoms with Gasteiger partial charge in [0.2, 0.25) is 0 Å². The summed E-state index contributed by atoms with van der Waals surface area (Å²) in [5, 5.41) is 7.26. The van der Waals surface area contributed by atoms with Crippen molar-refractivity contribution in [2.45, 2.75) is 13.3 Å². The lowest BCUT2D eigenvalue weighted by Gasteiger charge is -2.30. The third-order valence-corrected chi connectivity index (χ3v) is 12.5. The zero-order valence-corrected chi connectivity index (χ0v) is 33.2. The second-order valence-corrected chi connectivity index (χ2v) is 16.1. The summed E-state index contributed by atoms with van der Waals surface area (Å²) in [5.74, 6) is 0.465. The van der Waals surface area contributed by atoms with Gasteiger partial charge in [0.1, 0.15) is 11.2 Å². The van der Waals surface area contributed by atoms with Crippen molar-refractivity contribution in [1.82, 2.24) is 4.57 Å². The lowest BCUT2D eigenvalue weighted by Crippen LogP contribution is -2.14. The number of para-hydroxylation sites is 6. The first-order valence-corrected chi connectivity index (χ1v) is 20.9. The zero-order valence-electron chi connectivity index (χ0n) is 33.2. The third-order valence-electron chi connectivity index (χ3n) is 12.5. The van der Waals surface area contributed by atoms with Crippen LogP contribution >= 0.6 is 0 Å². The second kappa shape index (κ2) is 13.8. The van der Waals surface area contributed by atoms with Crippen molar-refractivity contribution in [2.75, 3.05) is 4.90 Å². The van der Waals surface area contributed by atoms with Crippen molar-refractivity contribution >= 4 is 77.7 Å². The van der Waals surface area contributed by atoms with E-state index in [2.05, 4.69) is 223 Å². The summed E-state index contributed by atoms with van der Waals surface area (Å²) in [7, 11) is 0. The van der Waals surface area contributed by atoms with Crippen molar-refractivity contribution < 1.29 is 4.42 Å². The summed E-state index contributed by atoms with van der Waals surface area (Å²) >= 11 is 0. The maximum absolute atomic E-state index is 7.05. The molecule has 0 aliphatic heterocycles. The van der Waals surface area contributed by atoms with Crippen LogP contribution in [0.15, 0.2) is 205 Å². The van der Waals surface area contributed by atoms with Gasteiger partial charge in [-0.3, -0.25) is 0 Å². The largest absolute Gasteiger partial charge is 0.455 e. The monoisotopic (exact) mass is 768 g/mol. The van der Waals surface area contributed by atoms with Crippen molar-refractivity contribution in [3.05, 3.63) is 211 Å². The van der Waals surface area contributed by atoms with Crippen molar-refractivity contribution in [1.29, 1.82) is 0 Å². The molecule has 9 aromatic carbocycles. The maximum atomic E-state index is 7.05. The number of anilines is 3. The molecule has 11 aromatic rings. The van der Waals surface area contributed by atoms with Gasteiger partial charge in [-0.25, -0.2) is 0 Å². The molecule has 0 fully saturated rings. The minimum Gasteiger partial charge on any atom is -0.455 e. The molecular weight excluding hydrogens is 729 g/mol. The van der Waals surface area contributed by atoms with Gasteiger partial charge in [-0.05, 0) is 88.3 Å². The predicted octanol–water partition coefficient (Wildman–Crippen LogP) is 15.8. The lowest BCUT2D eigenvalue weighted by atomic mass is 9.89. The van der Waals surface area contributed by atoms with Crippen LogP contribution in [0.1, 0.15) is 18.1 Å².